The topological polar surface area (TPSA) is 46.6 Å². The number of nitrogens with zero attached hydrogens (tertiary/aromatic N) is 1. The maximum atomic E-state index is 14.0. The number of ketones is 1. The summed E-state index contributed by atoms with van der Waals surface area (Å²) in [6.45, 7) is 2.71. The molecule has 0 aromatic heterocycles. The zero-order valence-electron chi connectivity index (χ0n) is 21.5. The number of ether oxygens (including phenoxy) is 1. The quantitative estimate of drug-likeness (QED) is 0.448. The molecule has 3 aliphatic rings. The third-order valence-corrected chi connectivity index (χ3v) is 9.64. The third-order valence-electron chi connectivity index (χ3n) is 9.64. The van der Waals surface area contributed by atoms with Gasteiger partial charge in [-0.3, -0.25) is 9.59 Å². The fourth-order valence-electron chi connectivity index (χ4n) is 7.85. The molecule has 0 spiro atoms. The summed E-state index contributed by atoms with van der Waals surface area (Å²) in [6, 6.07) is 21.1. The highest BCUT2D eigenvalue weighted by atomic mass is 16.5. The van der Waals surface area contributed by atoms with Crippen LogP contribution in [0, 0.1) is 23.2 Å². The van der Waals surface area contributed by atoms with Crippen LogP contribution in [0.1, 0.15) is 55.2 Å². The van der Waals surface area contributed by atoms with Gasteiger partial charge in [-0.25, -0.2) is 0 Å². The molecule has 3 aromatic rings. The Morgan fingerprint density at radius 2 is 1.89 bits per heavy atom. The summed E-state index contributed by atoms with van der Waals surface area (Å²) in [6.07, 6.45) is 4.31. The highest BCUT2D eigenvalue weighted by Gasteiger charge is 2.60. The molecule has 0 radical (unpaired) electrons. The number of hydrogen-bond acceptors (Lipinski definition) is 3. The summed E-state index contributed by atoms with van der Waals surface area (Å²) in [5, 5.41) is 2.37. The number of methoxy groups -OCH3 is 1. The lowest BCUT2D eigenvalue weighted by molar-refractivity contribution is -0.138. The van der Waals surface area contributed by atoms with E-state index in [1.165, 1.54) is 21.9 Å². The first-order chi connectivity index (χ1) is 17.4. The van der Waals surface area contributed by atoms with Crippen molar-refractivity contribution in [3.63, 3.8) is 0 Å². The van der Waals surface area contributed by atoms with Crippen molar-refractivity contribution in [1.29, 1.82) is 0 Å². The van der Waals surface area contributed by atoms with E-state index in [9.17, 15) is 9.59 Å². The van der Waals surface area contributed by atoms with Crippen LogP contribution in [-0.2, 0) is 22.6 Å². The Kier molecular flexibility index (Phi) is 5.66. The van der Waals surface area contributed by atoms with E-state index < -0.39 is 0 Å². The highest BCUT2D eigenvalue weighted by Crippen LogP contribution is 2.61. The standard InChI is InChI=1S/C32H35NO3/c1-32-16-15-26-25-14-12-23(36-3)17-21(25)11-13-27(26)30(32)28(18-29(32)34)31(35)33(2)19-22-9-6-8-20-7-4-5-10-24(20)22/h4-10,12,14,17,26-28,30H,11,13,15-16,18-19H2,1-3H3/t26?,27?,28-,30?,32+/m0/s1. The van der Waals surface area contributed by atoms with Crippen LogP contribution in [0.5, 0.6) is 5.75 Å². The van der Waals surface area contributed by atoms with Crippen LogP contribution in [0.25, 0.3) is 10.8 Å². The smallest absolute Gasteiger partial charge is 0.226 e. The molecule has 6 rings (SSSR count). The Labute approximate surface area is 213 Å². The molecule has 5 atom stereocenters. The first-order valence-corrected chi connectivity index (χ1v) is 13.3. The predicted octanol–water partition coefficient (Wildman–Crippen LogP) is 6.16. The molecule has 3 aromatic carbocycles. The predicted molar refractivity (Wildman–Crippen MR) is 142 cm³/mol. The summed E-state index contributed by atoms with van der Waals surface area (Å²) >= 11 is 0. The van der Waals surface area contributed by atoms with Crippen molar-refractivity contribution in [2.45, 2.75) is 51.5 Å². The Bertz CT molecular complexity index is 1340. The number of aryl methyl sites for hydroxylation is 1. The summed E-state index contributed by atoms with van der Waals surface area (Å²) in [5.74, 6) is 2.01. The normalized spacial score (nSPS) is 28.8. The molecule has 3 unspecified atom stereocenters. The minimum Gasteiger partial charge on any atom is -0.497 e. The molecular formula is C32H35NO3. The van der Waals surface area contributed by atoms with E-state index in [1.54, 1.807) is 7.11 Å². The number of carbonyl (C=O) groups is 2. The molecule has 4 nitrogen and oxygen atoms in total. The van der Waals surface area contributed by atoms with E-state index in [0.29, 0.717) is 30.6 Å². The number of rotatable bonds is 4. The Morgan fingerprint density at radius 3 is 2.72 bits per heavy atom. The van der Waals surface area contributed by atoms with Crippen LogP contribution in [0.3, 0.4) is 0 Å². The fourth-order valence-corrected chi connectivity index (χ4v) is 7.85. The summed E-state index contributed by atoms with van der Waals surface area (Å²) in [7, 11) is 3.63. The lowest BCUT2D eigenvalue weighted by Crippen LogP contribution is -2.47. The maximum absolute atomic E-state index is 14.0. The van der Waals surface area contributed by atoms with Crippen LogP contribution in [-0.4, -0.2) is 30.7 Å². The molecule has 2 fully saturated rings. The molecule has 0 saturated heterocycles. The van der Waals surface area contributed by atoms with Crippen molar-refractivity contribution >= 4 is 22.5 Å². The number of carbonyl (C=O) groups excluding carboxylic acids is 2. The van der Waals surface area contributed by atoms with Gasteiger partial charge in [-0.05, 0) is 83.0 Å². The van der Waals surface area contributed by atoms with E-state index in [2.05, 4.69) is 55.5 Å². The van der Waals surface area contributed by atoms with Gasteiger partial charge in [0.1, 0.15) is 11.5 Å². The summed E-state index contributed by atoms with van der Waals surface area (Å²) < 4.78 is 5.47. The van der Waals surface area contributed by atoms with Crippen molar-refractivity contribution in [2.75, 3.05) is 14.2 Å². The minimum absolute atomic E-state index is 0.112. The van der Waals surface area contributed by atoms with Gasteiger partial charge in [0, 0.05) is 31.3 Å². The largest absolute Gasteiger partial charge is 0.497 e. The van der Waals surface area contributed by atoms with E-state index in [1.807, 2.05) is 24.1 Å². The Morgan fingerprint density at radius 1 is 1.08 bits per heavy atom. The molecule has 36 heavy (non-hydrogen) atoms. The first-order valence-electron chi connectivity index (χ1n) is 13.3. The van der Waals surface area contributed by atoms with Crippen LogP contribution < -0.4 is 4.74 Å². The number of benzene rings is 3. The van der Waals surface area contributed by atoms with Crippen LogP contribution in [0.2, 0.25) is 0 Å². The zero-order chi connectivity index (χ0) is 25.0. The van der Waals surface area contributed by atoms with E-state index in [4.69, 9.17) is 4.74 Å². The fraction of sp³-hybridized carbons (Fsp3) is 0.438. The van der Waals surface area contributed by atoms with E-state index in [0.717, 1.165) is 37.0 Å². The Hall–Kier alpha value is -3.14. The Balaban J connectivity index is 1.29. The lowest BCUT2D eigenvalue weighted by atomic mass is 9.54. The molecule has 0 bridgehead atoms. The second-order valence-electron chi connectivity index (χ2n) is 11.4. The maximum Gasteiger partial charge on any atom is 0.226 e. The number of hydrogen-bond donors (Lipinski definition) is 0. The number of fused-ring (bicyclic) bond motifs is 6. The second-order valence-corrected chi connectivity index (χ2v) is 11.4. The molecule has 2 saturated carbocycles. The van der Waals surface area contributed by atoms with Gasteiger partial charge in [-0.1, -0.05) is 55.5 Å². The van der Waals surface area contributed by atoms with Gasteiger partial charge in [0.25, 0.3) is 0 Å². The SMILES string of the molecule is COc1ccc2c(c1)CCC1C2CC[C@]2(C)C(=O)C[C@H](C(=O)N(C)Cc3cccc4ccccc34)C12. The van der Waals surface area contributed by atoms with Crippen molar-refractivity contribution in [3.05, 3.63) is 77.4 Å². The number of amides is 1. The molecule has 0 N–H and O–H groups in total. The lowest BCUT2D eigenvalue weighted by Gasteiger charge is -2.49. The van der Waals surface area contributed by atoms with E-state index >= 15 is 0 Å². The van der Waals surface area contributed by atoms with Gasteiger partial charge in [0.15, 0.2) is 0 Å². The van der Waals surface area contributed by atoms with Gasteiger partial charge in [0.2, 0.25) is 5.91 Å². The average molecular weight is 482 g/mol. The highest BCUT2D eigenvalue weighted by molar-refractivity contribution is 5.95. The van der Waals surface area contributed by atoms with Crippen LogP contribution >= 0.6 is 0 Å². The van der Waals surface area contributed by atoms with Gasteiger partial charge in [0.05, 0.1) is 7.11 Å². The molecular weight excluding hydrogens is 446 g/mol. The van der Waals surface area contributed by atoms with Crippen molar-refractivity contribution in [1.82, 2.24) is 4.90 Å². The molecule has 3 aliphatic carbocycles. The van der Waals surface area contributed by atoms with Gasteiger partial charge in [-0.2, -0.15) is 0 Å². The average Bonchev–Trinajstić information content (AvgIpc) is 3.18. The molecule has 1 amide bonds. The number of Topliss-reactive ketones (excluding diaryl/α,β-unsaturated/α-hetero) is 1. The minimum atomic E-state index is -0.383. The first kappa shape index (κ1) is 23.3. The van der Waals surface area contributed by atoms with Crippen molar-refractivity contribution in [3.8, 4) is 5.75 Å². The molecule has 0 aliphatic heterocycles. The summed E-state index contributed by atoms with van der Waals surface area (Å²) in [4.78, 5) is 29.3. The summed E-state index contributed by atoms with van der Waals surface area (Å²) in [5.41, 5.74) is 3.55. The zero-order valence-corrected chi connectivity index (χ0v) is 21.5. The molecule has 0 heterocycles. The monoisotopic (exact) mass is 481 g/mol. The molecule has 4 heteroatoms. The molecule has 186 valence electrons. The van der Waals surface area contributed by atoms with Crippen molar-refractivity contribution < 1.29 is 14.3 Å². The third kappa shape index (κ3) is 3.56. The van der Waals surface area contributed by atoms with Gasteiger partial charge >= 0.3 is 0 Å². The van der Waals surface area contributed by atoms with Crippen molar-refractivity contribution in [2.24, 2.45) is 23.2 Å². The van der Waals surface area contributed by atoms with Gasteiger partial charge < -0.3 is 9.64 Å². The van der Waals surface area contributed by atoms with E-state index in [-0.39, 0.29) is 23.2 Å². The van der Waals surface area contributed by atoms with Crippen LogP contribution in [0.4, 0.5) is 0 Å². The van der Waals surface area contributed by atoms with Gasteiger partial charge in [-0.15, -0.1) is 0 Å². The second kappa shape index (κ2) is 8.76. The van der Waals surface area contributed by atoms with Crippen LogP contribution in [0.15, 0.2) is 60.7 Å².